The molecule has 7 heteroatoms. The van der Waals surface area contributed by atoms with E-state index in [2.05, 4.69) is 4.98 Å². The Labute approximate surface area is 184 Å². The molecule has 6 nitrogen and oxygen atoms in total. The number of aliphatic hydroxyl groups excluding tert-OH is 1. The van der Waals surface area contributed by atoms with E-state index < -0.39 is 17.7 Å². The van der Waals surface area contributed by atoms with Gasteiger partial charge in [0.15, 0.2) is 16.7 Å². The SMILES string of the molecule is COc1ccc(C2C(C(=O)CC(C)C)=C(O)C(=O)N2c2nc3ccc(C)cc3s2)cc1. The lowest BCUT2D eigenvalue weighted by molar-refractivity contribution is -0.118. The normalized spacial score (nSPS) is 16.6. The average Bonchev–Trinajstić information content (AvgIpc) is 3.25. The Hall–Kier alpha value is -3.19. The molecule has 0 bridgehead atoms. The summed E-state index contributed by atoms with van der Waals surface area (Å²) in [5.41, 5.74) is 2.70. The lowest BCUT2D eigenvalue weighted by Gasteiger charge is -2.24. The fourth-order valence-corrected chi connectivity index (χ4v) is 4.88. The standard InChI is InChI=1S/C24H24N2O4S/c1-13(2)11-18(27)20-21(15-6-8-16(30-4)9-7-15)26(23(29)22(20)28)24-25-17-10-5-14(3)12-19(17)31-24/h5-10,12-13,21,28H,11H2,1-4H3. The summed E-state index contributed by atoms with van der Waals surface area (Å²) >= 11 is 1.37. The minimum atomic E-state index is -0.744. The predicted molar refractivity (Wildman–Crippen MR) is 122 cm³/mol. The maximum atomic E-state index is 13.2. The summed E-state index contributed by atoms with van der Waals surface area (Å²) in [6, 6.07) is 12.3. The van der Waals surface area contributed by atoms with Gasteiger partial charge in [-0.05, 0) is 48.2 Å². The number of carbonyl (C=O) groups is 2. The number of thiazole rings is 1. The van der Waals surface area contributed by atoms with E-state index in [9.17, 15) is 14.7 Å². The van der Waals surface area contributed by atoms with Crippen LogP contribution in [-0.4, -0.2) is 28.9 Å². The molecule has 0 saturated carbocycles. The first kappa shape index (κ1) is 21.1. The van der Waals surface area contributed by atoms with Gasteiger partial charge in [-0.1, -0.05) is 43.4 Å². The monoisotopic (exact) mass is 436 g/mol. The van der Waals surface area contributed by atoms with Crippen LogP contribution >= 0.6 is 11.3 Å². The number of hydrogen-bond donors (Lipinski definition) is 1. The van der Waals surface area contributed by atoms with Crippen LogP contribution in [0.2, 0.25) is 0 Å². The second kappa shape index (κ2) is 8.15. The van der Waals surface area contributed by atoms with Gasteiger partial charge < -0.3 is 9.84 Å². The van der Waals surface area contributed by atoms with Gasteiger partial charge in [-0.3, -0.25) is 14.5 Å². The third kappa shape index (κ3) is 3.81. The van der Waals surface area contributed by atoms with Crippen molar-refractivity contribution in [1.82, 2.24) is 4.98 Å². The van der Waals surface area contributed by atoms with Gasteiger partial charge >= 0.3 is 0 Å². The number of benzene rings is 2. The topological polar surface area (TPSA) is 79.7 Å². The van der Waals surface area contributed by atoms with Crippen LogP contribution in [-0.2, 0) is 9.59 Å². The van der Waals surface area contributed by atoms with Crippen molar-refractivity contribution in [3.8, 4) is 5.75 Å². The fourth-order valence-electron chi connectivity index (χ4n) is 3.79. The first-order valence-electron chi connectivity index (χ1n) is 10.1. The molecule has 0 fully saturated rings. The van der Waals surface area contributed by atoms with Crippen molar-refractivity contribution in [1.29, 1.82) is 0 Å². The molecule has 0 saturated heterocycles. The number of ether oxygens (including phenoxy) is 1. The van der Waals surface area contributed by atoms with Crippen LogP contribution in [0.15, 0.2) is 53.8 Å². The summed E-state index contributed by atoms with van der Waals surface area (Å²) in [6.45, 7) is 5.86. The molecule has 1 unspecified atom stereocenters. The number of methoxy groups -OCH3 is 1. The van der Waals surface area contributed by atoms with Gasteiger partial charge in [-0.2, -0.15) is 0 Å². The van der Waals surface area contributed by atoms with E-state index in [4.69, 9.17) is 4.74 Å². The van der Waals surface area contributed by atoms with Crippen LogP contribution in [0.5, 0.6) is 5.75 Å². The minimum Gasteiger partial charge on any atom is -0.503 e. The molecule has 4 rings (SSSR count). The molecule has 1 atom stereocenters. The number of aliphatic hydroxyl groups is 1. The number of ketones is 1. The van der Waals surface area contributed by atoms with Crippen LogP contribution in [0.25, 0.3) is 10.2 Å². The number of aryl methyl sites for hydroxylation is 1. The summed E-state index contributed by atoms with van der Waals surface area (Å²) < 4.78 is 6.19. The van der Waals surface area contributed by atoms with E-state index in [-0.39, 0.29) is 23.7 Å². The van der Waals surface area contributed by atoms with Crippen molar-refractivity contribution in [2.45, 2.75) is 33.2 Å². The quantitative estimate of drug-likeness (QED) is 0.580. The molecule has 0 spiro atoms. The molecule has 2 aromatic carbocycles. The highest BCUT2D eigenvalue weighted by Crippen LogP contribution is 2.44. The Balaban J connectivity index is 1.85. The molecule has 1 N–H and O–H groups in total. The molecule has 3 aromatic rings. The van der Waals surface area contributed by atoms with E-state index in [0.29, 0.717) is 16.4 Å². The van der Waals surface area contributed by atoms with Gasteiger partial charge in [0.25, 0.3) is 5.91 Å². The van der Waals surface area contributed by atoms with Gasteiger partial charge in [-0.15, -0.1) is 0 Å². The molecular weight excluding hydrogens is 412 g/mol. The highest BCUT2D eigenvalue weighted by atomic mass is 32.1. The number of rotatable bonds is 6. The van der Waals surface area contributed by atoms with E-state index in [0.717, 1.165) is 15.8 Å². The third-order valence-electron chi connectivity index (χ3n) is 5.27. The number of nitrogens with zero attached hydrogens (tertiary/aromatic N) is 2. The molecule has 31 heavy (non-hydrogen) atoms. The van der Waals surface area contributed by atoms with Gasteiger partial charge in [0.1, 0.15) is 5.75 Å². The molecule has 0 radical (unpaired) electrons. The van der Waals surface area contributed by atoms with E-state index in [1.54, 1.807) is 19.2 Å². The highest BCUT2D eigenvalue weighted by molar-refractivity contribution is 7.22. The van der Waals surface area contributed by atoms with E-state index in [1.807, 2.05) is 51.1 Å². The smallest absolute Gasteiger partial charge is 0.296 e. The summed E-state index contributed by atoms with van der Waals surface area (Å²) in [7, 11) is 1.58. The van der Waals surface area contributed by atoms with Crippen molar-refractivity contribution >= 4 is 38.4 Å². The zero-order valence-corrected chi connectivity index (χ0v) is 18.7. The van der Waals surface area contributed by atoms with Crippen molar-refractivity contribution in [3.63, 3.8) is 0 Å². The van der Waals surface area contributed by atoms with Gasteiger partial charge in [-0.25, -0.2) is 4.98 Å². The summed E-state index contributed by atoms with van der Waals surface area (Å²) in [5, 5.41) is 11.2. The molecule has 1 aliphatic rings. The molecule has 0 aliphatic carbocycles. The molecule has 2 heterocycles. The second-order valence-corrected chi connectivity index (χ2v) is 9.11. The number of Topliss-reactive ketones (excluding diaryl/α,β-unsaturated/α-hetero) is 1. The zero-order chi connectivity index (χ0) is 22.3. The number of aromatic nitrogens is 1. The Morgan fingerprint density at radius 2 is 1.94 bits per heavy atom. The maximum Gasteiger partial charge on any atom is 0.296 e. The third-order valence-corrected chi connectivity index (χ3v) is 6.29. The van der Waals surface area contributed by atoms with Crippen molar-refractivity contribution in [2.24, 2.45) is 5.92 Å². The lowest BCUT2D eigenvalue weighted by Crippen LogP contribution is -2.31. The predicted octanol–water partition coefficient (Wildman–Crippen LogP) is 5.13. The van der Waals surface area contributed by atoms with E-state index in [1.165, 1.54) is 16.2 Å². The second-order valence-electron chi connectivity index (χ2n) is 8.10. The van der Waals surface area contributed by atoms with Crippen LogP contribution in [0.4, 0.5) is 5.13 Å². The van der Waals surface area contributed by atoms with E-state index >= 15 is 0 Å². The molecule has 160 valence electrons. The average molecular weight is 437 g/mol. The molecular formula is C24H24N2O4S. The Kier molecular flexibility index (Phi) is 5.54. The highest BCUT2D eigenvalue weighted by Gasteiger charge is 2.45. The van der Waals surface area contributed by atoms with Crippen molar-refractivity contribution < 1.29 is 19.4 Å². The van der Waals surface area contributed by atoms with Crippen LogP contribution in [0.1, 0.15) is 37.4 Å². The zero-order valence-electron chi connectivity index (χ0n) is 17.9. The number of fused-ring (bicyclic) bond motifs is 1. The fraction of sp³-hybridized carbons (Fsp3) is 0.292. The Morgan fingerprint density at radius 1 is 1.23 bits per heavy atom. The van der Waals surface area contributed by atoms with Gasteiger partial charge in [0, 0.05) is 6.42 Å². The van der Waals surface area contributed by atoms with Crippen LogP contribution in [0.3, 0.4) is 0 Å². The first-order chi connectivity index (χ1) is 14.8. The van der Waals surface area contributed by atoms with Crippen LogP contribution < -0.4 is 9.64 Å². The lowest BCUT2D eigenvalue weighted by atomic mass is 9.92. The van der Waals surface area contributed by atoms with Gasteiger partial charge in [0.05, 0.1) is 28.9 Å². The summed E-state index contributed by atoms with van der Waals surface area (Å²) in [6.07, 6.45) is 0.242. The van der Waals surface area contributed by atoms with Crippen molar-refractivity contribution in [2.75, 3.05) is 12.0 Å². The summed E-state index contributed by atoms with van der Waals surface area (Å²) in [5.74, 6) is -0.580. The minimum absolute atomic E-state index is 0.0962. The molecule has 1 amide bonds. The summed E-state index contributed by atoms with van der Waals surface area (Å²) in [4.78, 5) is 32.3. The van der Waals surface area contributed by atoms with Crippen molar-refractivity contribution in [3.05, 3.63) is 64.9 Å². The number of amides is 1. The maximum absolute atomic E-state index is 13.2. The Bertz CT molecular complexity index is 1190. The Morgan fingerprint density at radius 3 is 2.58 bits per heavy atom. The molecule has 1 aromatic heterocycles. The number of hydrogen-bond acceptors (Lipinski definition) is 6. The largest absolute Gasteiger partial charge is 0.503 e. The molecule has 1 aliphatic heterocycles. The number of anilines is 1. The van der Waals surface area contributed by atoms with Gasteiger partial charge in [0.2, 0.25) is 0 Å². The number of carbonyl (C=O) groups excluding carboxylic acids is 2. The first-order valence-corrected chi connectivity index (χ1v) is 10.9. The van der Waals surface area contributed by atoms with Crippen LogP contribution in [0, 0.1) is 12.8 Å².